The van der Waals surface area contributed by atoms with Gasteiger partial charge in [-0.3, -0.25) is 4.90 Å². The van der Waals surface area contributed by atoms with Crippen LogP contribution in [0.3, 0.4) is 0 Å². The molecular weight excluding hydrogens is 344 g/mol. The molecule has 0 unspecified atom stereocenters. The summed E-state index contributed by atoms with van der Waals surface area (Å²) in [6.07, 6.45) is -1.19. The molecule has 5 nitrogen and oxygen atoms in total. The molecule has 0 saturated carbocycles. The average molecular weight is 363 g/mol. The van der Waals surface area contributed by atoms with Crippen molar-refractivity contribution < 1.29 is 17.7 Å². The van der Waals surface area contributed by atoms with Gasteiger partial charge in [-0.1, -0.05) is 5.16 Å². The second-order valence-corrected chi connectivity index (χ2v) is 5.72. The number of hydrogen-bond donors (Lipinski definition) is 1. The number of aromatic nitrogens is 2. The summed E-state index contributed by atoms with van der Waals surface area (Å²) in [5.74, 6) is -1.15. The van der Waals surface area contributed by atoms with Gasteiger partial charge in [0.25, 0.3) is 5.82 Å². The van der Waals surface area contributed by atoms with E-state index in [-0.39, 0.29) is 30.7 Å². The molecule has 0 amide bonds. The molecule has 2 aliphatic heterocycles. The zero-order valence-electron chi connectivity index (χ0n) is 11.9. The van der Waals surface area contributed by atoms with Crippen LogP contribution in [-0.4, -0.2) is 41.2 Å². The molecule has 0 aliphatic carbocycles. The Hall–Kier alpha value is -0.570. The van der Waals surface area contributed by atoms with Gasteiger partial charge in [-0.15, -0.1) is 24.8 Å². The van der Waals surface area contributed by atoms with Crippen LogP contribution in [0.2, 0.25) is 0 Å². The van der Waals surface area contributed by atoms with Gasteiger partial charge in [0.2, 0.25) is 5.89 Å². The minimum absolute atomic E-state index is 0. The molecule has 1 N–H and O–H groups in total. The maximum Gasteiger partial charge on any atom is 0.455 e. The summed E-state index contributed by atoms with van der Waals surface area (Å²) in [6.45, 7) is 4.12. The van der Waals surface area contributed by atoms with Gasteiger partial charge in [0.1, 0.15) is 0 Å². The highest BCUT2D eigenvalue weighted by Crippen LogP contribution is 2.39. The lowest BCUT2D eigenvalue weighted by molar-refractivity contribution is -0.146. The van der Waals surface area contributed by atoms with E-state index in [1.807, 2.05) is 0 Å². The number of piperidine rings is 1. The van der Waals surface area contributed by atoms with Crippen LogP contribution in [0.15, 0.2) is 4.52 Å². The van der Waals surface area contributed by atoms with Crippen molar-refractivity contribution in [3.8, 4) is 0 Å². The highest BCUT2D eigenvalue weighted by Gasteiger charge is 2.40. The van der Waals surface area contributed by atoms with Crippen LogP contribution in [0.5, 0.6) is 0 Å². The number of alkyl halides is 3. The smallest absolute Gasteiger partial charge is 0.338 e. The van der Waals surface area contributed by atoms with Crippen molar-refractivity contribution in [3.63, 3.8) is 0 Å². The summed E-state index contributed by atoms with van der Waals surface area (Å²) >= 11 is 0. The van der Waals surface area contributed by atoms with Crippen molar-refractivity contribution in [1.82, 2.24) is 20.4 Å². The first-order valence-corrected chi connectivity index (χ1v) is 6.80. The molecule has 2 fully saturated rings. The van der Waals surface area contributed by atoms with Crippen LogP contribution in [-0.2, 0) is 12.7 Å². The lowest BCUT2D eigenvalue weighted by Gasteiger charge is -2.33. The van der Waals surface area contributed by atoms with E-state index in [1.54, 1.807) is 0 Å². The highest BCUT2D eigenvalue weighted by molar-refractivity contribution is 5.85. The molecule has 0 atom stereocenters. The van der Waals surface area contributed by atoms with Gasteiger partial charge >= 0.3 is 6.18 Å². The summed E-state index contributed by atoms with van der Waals surface area (Å²) < 4.78 is 41.9. The van der Waals surface area contributed by atoms with E-state index in [0.717, 1.165) is 45.4 Å². The minimum Gasteiger partial charge on any atom is -0.338 e. The number of hydrogen-bond acceptors (Lipinski definition) is 5. The Morgan fingerprint density at radius 1 is 1.18 bits per heavy atom. The predicted molar refractivity (Wildman–Crippen MR) is 78.2 cm³/mol. The Kier molecular flexibility index (Phi) is 6.49. The van der Waals surface area contributed by atoms with Crippen LogP contribution >= 0.6 is 24.8 Å². The number of halogens is 5. The van der Waals surface area contributed by atoms with Gasteiger partial charge in [0.05, 0.1) is 6.54 Å². The number of likely N-dealkylation sites (tertiary alicyclic amines) is 1. The fourth-order valence-corrected chi connectivity index (χ4v) is 3.15. The van der Waals surface area contributed by atoms with Gasteiger partial charge in [0, 0.05) is 6.54 Å². The summed E-state index contributed by atoms with van der Waals surface area (Å²) in [5, 5.41) is 6.32. The summed E-state index contributed by atoms with van der Waals surface area (Å²) in [7, 11) is 0. The lowest BCUT2D eigenvalue weighted by Crippen LogP contribution is -2.38. The Balaban J connectivity index is 0.00000121. The number of nitrogens with zero attached hydrogens (tertiary/aromatic N) is 3. The third kappa shape index (κ3) is 4.24. The molecular formula is C12H19Cl2F3N4O. The maximum atomic E-state index is 12.4. The van der Waals surface area contributed by atoms with Crippen molar-refractivity contribution in [2.24, 2.45) is 5.41 Å². The fourth-order valence-electron chi connectivity index (χ4n) is 3.15. The van der Waals surface area contributed by atoms with Gasteiger partial charge in [-0.2, -0.15) is 18.2 Å². The monoisotopic (exact) mass is 362 g/mol. The fraction of sp³-hybridized carbons (Fsp3) is 0.833. The van der Waals surface area contributed by atoms with Crippen LogP contribution in [0.25, 0.3) is 0 Å². The summed E-state index contributed by atoms with van der Waals surface area (Å²) in [6, 6.07) is 0. The molecule has 1 spiro atoms. The summed E-state index contributed by atoms with van der Waals surface area (Å²) in [5.41, 5.74) is 0.318. The molecule has 10 heteroatoms. The molecule has 3 heterocycles. The molecule has 0 radical (unpaired) electrons. The quantitative estimate of drug-likeness (QED) is 0.875. The molecule has 0 bridgehead atoms. The van der Waals surface area contributed by atoms with Crippen molar-refractivity contribution in [2.75, 3.05) is 26.2 Å². The molecule has 1 aromatic rings. The SMILES string of the molecule is Cl.Cl.FC(F)(F)c1noc(CN2CCC3(CCNCC3)C2)n1. The van der Waals surface area contributed by atoms with Gasteiger partial charge in [-0.25, -0.2) is 0 Å². The summed E-state index contributed by atoms with van der Waals surface area (Å²) in [4.78, 5) is 5.53. The normalized spacial score (nSPS) is 21.4. The molecule has 3 rings (SSSR count). The van der Waals surface area contributed by atoms with E-state index < -0.39 is 12.0 Å². The van der Waals surface area contributed by atoms with Crippen LogP contribution < -0.4 is 5.32 Å². The topological polar surface area (TPSA) is 54.2 Å². The van der Waals surface area contributed by atoms with E-state index in [0.29, 0.717) is 12.0 Å². The van der Waals surface area contributed by atoms with Crippen LogP contribution in [0, 0.1) is 5.41 Å². The molecule has 2 aliphatic rings. The zero-order valence-corrected chi connectivity index (χ0v) is 13.5. The Morgan fingerprint density at radius 3 is 2.45 bits per heavy atom. The van der Waals surface area contributed by atoms with Crippen molar-refractivity contribution in [2.45, 2.75) is 32.0 Å². The largest absolute Gasteiger partial charge is 0.455 e. The lowest BCUT2D eigenvalue weighted by atomic mass is 9.78. The van der Waals surface area contributed by atoms with Crippen LogP contribution in [0.1, 0.15) is 31.0 Å². The van der Waals surface area contributed by atoms with Gasteiger partial charge in [0.15, 0.2) is 0 Å². The number of nitrogens with one attached hydrogen (secondary N) is 1. The van der Waals surface area contributed by atoms with E-state index in [2.05, 4.69) is 20.4 Å². The minimum atomic E-state index is -4.54. The third-order valence-electron chi connectivity index (χ3n) is 4.26. The first-order chi connectivity index (χ1) is 9.47. The molecule has 2 saturated heterocycles. The Morgan fingerprint density at radius 2 is 1.86 bits per heavy atom. The zero-order chi connectivity index (χ0) is 14.2. The predicted octanol–water partition coefficient (Wildman–Crippen LogP) is 2.51. The molecule has 0 aromatic carbocycles. The van der Waals surface area contributed by atoms with Gasteiger partial charge in [-0.05, 0) is 44.3 Å². The molecule has 1 aromatic heterocycles. The first-order valence-electron chi connectivity index (χ1n) is 6.80. The van der Waals surface area contributed by atoms with Crippen LogP contribution in [0.4, 0.5) is 13.2 Å². The van der Waals surface area contributed by atoms with E-state index in [4.69, 9.17) is 4.52 Å². The standard InChI is InChI=1S/C12H17F3N4O.2ClH/c13-12(14,15)10-17-9(20-18-10)7-19-6-3-11(8-19)1-4-16-5-2-11;;/h16H,1-8H2;2*1H. The van der Waals surface area contributed by atoms with Gasteiger partial charge < -0.3 is 9.84 Å². The first kappa shape index (κ1) is 19.5. The average Bonchev–Trinajstić information content (AvgIpc) is 2.99. The second kappa shape index (κ2) is 7.33. The highest BCUT2D eigenvalue weighted by atomic mass is 35.5. The second-order valence-electron chi connectivity index (χ2n) is 5.72. The van der Waals surface area contributed by atoms with E-state index in [1.165, 1.54) is 0 Å². The van der Waals surface area contributed by atoms with Crippen molar-refractivity contribution in [1.29, 1.82) is 0 Å². The van der Waals surface area contributed by atoms with Crippen molar-refractivity contribution in [3.05, 3.63) is 11.7 Å². The maximum absolute atomic E-state index is 12.4. The molecule has 22 heavy (non-hydrogen) atoms. The number of rotatable bonds is 2. The Labute approximate surface area is 138 Å². The molecule has 128 valence electrons. The third-order valence-corrected chi connectivity index (χ3v) is 4.26. The van der Waals surface area contributed by atoms with E-state index in [9.17, 15) is 13.2 Å². The van der Waals surface area contributed by atoms with E-state index >= 15 is 0 Å². The van der Waals surface area contributed by atoms with Crippen molar-refractivity contribution >= 4 is 24.8 Å². The Bertz CT molecular complexity index is 477.